The van der Waals surface area contributed by atoms with Crippen LogP contribution in [0.1, 0.15) is 33.1 Å². The minimum Gasteiger partial charge on any atom is -0.465 e. The summed E-state index contributed by atoms with van der Waals surface area (Å²) in [5.41, 5.74) is 0. The van der Waals surface area contributed by atoms with Crippen molar-refractivity contribution in [2.45, 2.75) is 39.2 Å². The average molecular weight is 185 g/mol. The second kappa shape index (κ2) is 5.22. The van der Waals surface area contributed by atoms with Gasteiger partial charge in [0.2, 0.25) is 0 Å². The number of rotatable bonds is 4. The van der Waals surface area contributed by atoms with Crippen LogP contribution in [0.4, 0.5) is 0 Å². The maximum Gasteiger partial charge on any atom is 0.323 e. The van der Waals surface area contributed by atoms with Crippen molar-refractivity contribution in [1.29, 1.82) is 0 Å². The fourth-order valence-corrected chi connectivity index (χ4v) is 1.95. The van der Waals surface area contributed by atoms with Gasteiger partial charge < -0.3 is 10.1 Å². The molecule has 0 aromatic carbocycles. The topological polar surface area (TPSA) is 38.3 Å². The average Bonchev–Trinajstić information content (AvgIpc) is 2.54. The number of hydrogen-bond donors (Lipinski definition) is 1. The zero-order valence-electron chi connectivity index (χ0n) is 8.51. The Labute approximate surface area is 79.8 Å². The Kier molecular flexibility index (Phi) is 4.22. The molecule has 0 aromatic rings. The molecule has 3 heteroatoms. The first-order chi connectivity index (χ1) is 6.29. The maximum absolute atomic E-state index is 11.4. The Morgan fingerprint density at radius 3 is 2.92 bits per heavy atom. The molecule has 0 saturated carbocycles. The first-order valence-corrected chi connectivity index (χ1v) is 5.19. The number of nitrogens with one attached hydrogen (secondary N) is 1. The molecule has 0 aliphatic carbocycles. The van der Waals surface area contributed by atoms with E-state index in [2.05, 4.69) is 12.2 Å². The third kappa shape index (κ3) is 2.69. The van der Waals surface area contributed by atoms with E-state index < -0.39 is 0 Å². The second-order valence-corrected chi connectivity index (χ2v) is 3.52. The smallest absolute Gasteiger partial charge is 0.323 e. The number of esters is 1. The van der Waals surface area contributed by atoms with Gasteiger partial charge in [-0.1, -0.05) is 13.3 Å². The summed E-state index contributed by atoms with van der Waals surface area (Å²) in [6, 6.07) is -0.0418. The molecule has 0 radical (unpaired) electrons. The van der Waals surface area contributed by atoms with Gasteiger partial charge in [-0.05, 0) is 32.2 Å². The normalized spacial score (nSPS) is 27.5. The Morgan fingerprint density at radius 1 is 1.54 bits per heavy atom. The van der Waals surface area contributed by atoms with Crippen molar-refractivity contribution in [3.05, 3.63) is 0 Å². The molecule has 1 N–H and O–H groups in total. The molecule has 0 aromatic heterocycles. The molecule has 1 saturated heterocycles. The molecular weight excluding hydrogens is 166 g/mol. The standard InChI is InChI=1S/C10H19NO2/c1-3-5-8-6-7-11-9(8)10(12)13-4-2/h8-9,11H,3-7H2,1-2H3. The van der Waals surface area contributed by atoms with Crippen LogP contribution in [-0.2, 0) is 9.53 Å². The van der Waals surface area contributed by atoms with E-state index in [1.807, 2.05) is 6.92 Å². The summed E-state index contributed by atoms with van der Waals surface area (Å²) in [5.74, 6) is 0.419. The van der Waals surface area contributed by atoms with Crippen molar-refractivity contribution in [2.75, 3.05) is 13.2 Å². The van der Waals surface area contributed by atoms with E-state index >= 15 is 0 Å². The van der Waals surface area contributed by atoms with E-state index in [4.69, 9.17) is 4.74 Å². The van der Waals surface area contributed by atoms with Crippen LogP contribution in [0.5, 0.6) is 0 Å². The van der Waals surface area contributed by atoms with Crippen molar-refractivity contribution in [2.24, 2.45) is 5.92 Å². The quantitative estimate of drug-likeness (QED) is 0.671. The lowest BCUT2D eigenvalue weighted by atomic mass is 9.96. The molecule has 0 bridgehead atoms. The lowest BCUT2D eigenvalue weighted by Crippen LogP contribution is -2.37. The highest BCUT2D eigenvalue weighted by molar-refractivity contribution is 5.76. The summed E-state index contributed by atoms with van der Waals surface area (Å²) < 4.78 is 5.00. The molecule has 2 atom stereocenters. The van der Waals surface area contributed by atoms with E-state index in [1.54, 1.807) is 0 Å². The third-order valence-electron chi connectivity index (χ3n) is 2.55. The zero-order valence-corrected chi connectivity index (χ0v) is 8.51. The fourth-order valence-electron chi connectivity index (χ4n) is 1.95. The molecule has 1 aliphatic heterocycles. The molecule has 2 unspecified atom stereocenters. The largest absolute Gasteiger partial charge is 0.465 e. The van der Waals surface area contributed by atoms with Crippen LogP contribution in [-0.4, -0.2) is 25.2 Å². The van der Waals surface area contributed by atoms with Crippen LogP contribution < -0.4 is 5.32 Å². The highest BCUT2D eigenvalue weighted by atomic mass is 16.5. The lowest BCUT2D eigenvalue weighted by molar-refractivity contribution is -0.146. The maximum atomic E-state index is 11.4. The van der Waals surface area contributed by atoms with Crippen LogP contribution in [0.2, 0.25) is 0 Å². The van der Waals surface area contributed by atoms with Crippen LogP contribution in [0.25, 0.3) is 0 Å². The SMILES string of the molecule is CCCC1CCNC1C(=O)OCC. The fraction of sp³-hybridized carbons (Fsp3) is 0.900. The number of carbonyl (C=O) groups is 1. The van der Waals surface area contributed by atoms with E-state index in [0.717, 1.165) is 25.8 Å². The van der Waals surface area contributed by atoms with E-state index in [-0.39, 0.29) is 12.0 Å². The van der Waals surface area contributed by atoms with Gasteiger partial charge in [0, 0.05) is 0 Å². The van der Waals surface area contributed by atoms with Crippen molar-refractivity contribution in [3.8, 4) is 0 Å². The molecule has 1 rings (SSSR count). The highest BCUT2D eigenvalue weighted by Crippen LogP contribution is 2.21. The monoisotopic (exact) mass is 185 g/mol. The number of hydrogen-bond acceptors (Lipinski definition) is 3. The highest BCUT2D eigenvalue weighted by Gasteiger charge is 2.32. The molecule has 0 amide bonds. The van der Waals surface area contributed by atoms with Crippen LogP contribution in [0.15, 0.2) is 0 Å². The second-order valence-electron chi connectivity index (χ2n) is 3.52. The summed E-state index contributed by atoms with van der Waals surface area (Å²) in [5, 5.41) is 3.20. The van der Waals surface area contributed by atoms with Crippen molar-refractivity contribution in [1.82, 2.24) is 5.32 Å². The van der Waals surface area contributed by atoms with Crippen molar-refractivity contribution < 1.29 is 9.53 Å². The van der Waals surface area contributed by atoms with Gasteiger partial charge in [0.1, 0.15) is 6.04 Å². The van der Waals surface area contributed by atoms with Crippen molar-refractivity contribution >= 4 is 5.97 Å². The lowest BCUT2D eigenvalue weighted by Gasteiger charge is -2.16. The molecule has 76 valence electrons. The van der Waals surface area contributed by atoms with Crippen LogP contribution in [0.3, 0.4) is 0 Å². The third-order valence-corrected chi connectivity index (χ3v) is 2.55. The van der Waals surface area contributed by atoms with Gasteiger partial charge in [0.15, 0.2) is 0 Å². The summed E-state index contributed by atoms with van der Waals surface area (Å²) in [6.07, 6.45) is 3.37. The van der Waals surface area contributed by atoms with Gasteiger partial charge in [0.25, 0.3) is 0 Å². The Bertz CT molecular complexity index is 170. The van der Waals surface area contributed by atoms with Gasteiger partial charge in [-0.3, -0.25) is 4.79 Å². The van der Waals surface area contributed by atoms with E-state index in [9.17, 15) is 4.79 Å². The predicted octanol–water partition coefficient (Wildman–Crippen LogP) is 1.33. The van der Waals surface area contributed by atoms with Crippen molar-refractivity contribution in [3.63, 3.8) is 0 Å². The molecule has 3 nitrogen and oxygen atoms in total. The minimum absolute atomic E-state index is 0.0418. The minimum atomic E-state index is -0.0709. The summed E-state index contributed by atoms with van der Waals surface area (Å²) >= 11 is 0. The summed E-state index contributed by atoms with van der Waals surface area (Å²) in [4.78, 5) is 11.4. The molecule has 1 aliphatic rings. The van der Waals surface area contributed by atoms with Gasteiger partial charge in [-0.25, -0.2) is 0 Å². The first-order valence-electron chi connectivity index (χ1n) is 5.19. The van der Waals surface area contributed by atoms with Gasteiger partial charge in [-0.2, -0.15) is 0 Å². The van der Waals surface area contributed by atoms with E-state index in [0.29, 0.717) is 12.5 Å². The zero-order chi connectivity index (χ0) is 9.68. The molecular formula is C10H19NO2. The summed E-state index contributed by atoms with van der Waals surface area (Å²) in [6.45, 7) is 5.44. The molecule has 1 heterocycles. The van der Waals surface area contributed by atoms with Gasteiger partial charge in [0.05, 0.1) is 6.61 Å². The van der Waals surface area contributed by atoms with Gasteiger partial charge >= 0.3 is 5.97 Å². The Hall–Kier alpha value is -0.570. The predicted molar refractivity (Wildman–Crippen MR) is 51.4 cm³/mol. The number of carbonyl (C=O) groups excluding carboxylic acids is 1. The van der Waals surface area contributed by atoms with Crippen LogP contribution in [0, 0.1) is 5.92 Å². The molecule has 13 heavy (non-hydrogen) atoms. The molecule has 0 spiro atoms. The first kappa shape index (κ1) is 10.5. The van der Waals surface area contributed by atoms with Crippen LogP contribution >= 0.6 is 0 Å². The summed E-state index contributed by atoms with van der Waals surface area (Å²) in [7, 11) is 0. The van der Waals surface area contributed by atoms with Gasteiger partial charge in [-0.15, -0.1) is 0 Å². The number of ether oxygens (including phenoxy) is 1. The molecule has 1 fully saturated rings. The Morgan fingerprint density at radius 2 is 2.31 bits per heavy atom. The van der Waals surface area contributed by atoms with E-state index in [1.165, 1.54) is 0 Å². The Balaban J connectivity index is 2.42.